The number of thiazole rings is 1. The van der Waals surface area contributed by atoms with Crippen LogP contribution in [0.4, 0.5) is 0 Å². The molecule has 148 valence electrons. The van der Waals surface area contributed by atoms with E-state index in [1.807, 2.05) is 50.5 Å². The van der Waals surface area contributed by atoms with Gasteiger partial charge in [0, 0.05) is 7.05 Å². The number of carbonyl (C=O) groups excluding carboxylic acids is 1. The molecule has 0 spiro atoms. The highest BCUT2D eigenvalue weighted by atomic mass is 32.1. The van der Waals surface area contributed by atoms with Crippen molar-refractivity contribution in [2.75, 3.05) is 34.9 Å². The fourth-order valence-corrected chi connectivity index (χ4v) is 4.17. The van der Waals surface area contributed by atoms with Gasteiger partial charge in [0.25, 0.3) is 5.91 Å². The Morgan fingerprint density at radius 3 is 2.64 bits per heavy atom. The van der Waals surface area contributed by atoms with Gasteiger partial charge in [0.1, 0.15) is 11.6 Å². The van der Waals surface area contributed by atoms with Crippen LogP contribution < -0.4 is 14.4 Å². The molecule has 6 nitrogen and oxygen atoms in total. The quantitative estimate of drug-likeness (QED) is 0.628. The summed E-state index contributed by atoms with van der Waals surface area (Å²) in [5.41, 5.74) is 2.00. The fourth-order valence-electron chi connectivity index (χ4n) is 3.15. The number of quaternary nitrogens is 1. The van der Waals surface area contributed by atoms with E-state index < -0.39 is 0 Å². The van der Waals surface area contributed by atoms with E-state index in [0.29, 0.717) is 25.4 Å². The van der Waals surface area contributed by atoms with Crippen LogP contribution in [0, 0.1) is 0 Å². The number of aromatic nitrogens is 1. The lowest BCUT2D eigenvalue weighted by atomic mass is 10.1. The van der Waals surface area contributed by atoms with Crippen LogP contribution in [0.2, 0.25) is 0 Å². The highest BCUT2D eigenvalue weighted by Crippen LogP contribution is 2.30. The van der Waals surface area contributed by atoms with E-state index in [1.54, 1.807) is 30.5 Å². The van der Waals surface area contributed by atoms with Crippen molar-refractivity contribution in [1.29, 1.82) is 0 Å². The Labute approximate surface area is 169 Å². The molecule has 3 aromatic rings. The second kappa shape index (κ2) is 9.03. The molecule has 1 N–H and O–H groups in total. The molecule has 0 bridgehead atoms. The molecule has 1 amide bonds. The molecule has 28 heavy (non-hydrogen) atoms. The van der Waals surface area contributed by atoms with Gasteiger partial charge in [-0.25, -0.2) is 4.98 Å². The maximum absolute atomic E-state index is 12.7. The van der Waals surface area contributed by atoms with Crippen molar-refractivity contribution in [2.24, 2.45) is 0 Å². The average molecular weight is 401 g/mol. The van der Waals surface area contributed by atoms with E-state index >= 15 is 0 Å². The minimum Gasteiger partial charge on any atom is -0.493 e. The molecule has 1 aromatic heterocycles. The van der Waals surface area contributed by atoms with Crippen molar-refractivity contribution in [3.63, 3.8) is 0 Å². The minimum atomic E-state index is 0.0821. The number of nitrogens with one attached hydrogen (secondary N) is 1. The van der Waals surface area contributed by atoms with Crippen molar-refractivity contribution in [2.45, 2.75) is 13.1 Å². The summed E-state index contributed by atoms with van der Waals surface area (Å²) in [6.07, 6.45) is 0. The van der Waals surface area contributed by atoms with Gasteiger partial charge in [-0.2, -0.15) is 0 Å². The van der Waals surface area contributed by atoms with Gasteiger partial charge in [0.2, 0.25) is 0 Å². The van der Waals surface area contributed by atoms with Crippen LogP contribution in [-0.4, -0.2) is 50.7 Å². The maximum Gasteiger partial charge on any atom is 0.277 e. The van der Waals surface area contributed by atoms with Gasteiger partial charge in [0.05, 0.1) is 43.6 Å². The molecular weight excluding hydrogens is 374 g/mol. The number of hydrogen-bond acceptors (Lipinski definition) is 5. The van der Waals surface area contributed by atoms with E-state index in [-0.39, 0.29) is 5.91 Å². The fraction of sp³-hybridized carbons (Fsp3) is 0.333. The lowest BCUT2D eigenvalue weighted by Crippen LogP contribution is -3.08. The molecular formula is C21H26N3O3S+. The second-order valence-corrected chi connectivity index (χ2v) is 7.90. The number of methoxy groups -OCH3 is 2. The van der Waals surface area contributed by atoms with Crippen molar-refractivity contribution in [1.82, 2.24) is 9.88 Å². The number of fused-ring (bicyclic) bond motifs is 1. The van der Waals surface area contributed by atoms with E-state index in [9.17, 15) is 4.79 Å². The number of benzene rings is 2. The van der Waals surface area contributed by atoms with Crippen molar-refractivity contribution in [3.05, 3.63) is 53.0 Å². The summed E-state index contributed by atoms with van der Waals surface area (Å²) < 4.78 is 12.0. The third-order valence-corrected chi connectivity index (χ3v) is 5.59. The lowest BCUT2D eigenvalue weighted by molar-refractivity contribution is -0.885. The van der Waals surface area contributed by atoms with E-state index in [0.717, 1.165) is 31.4 Å². The molecule has 2 aromatic carbocycles. The zero-order chi connectivity index (χ0) is 20.1. The van der Waals surface area contributed by atoms with Crippen LogP contribution in [0.25, 0.3) is 10.2 Å². The Morgan fingerprint density at radius 2 is 1.93 bits per heavy atom. The second-order valence-electron chi connectivity index (χ2n) is 6.79. The molecule has 0 fully saturated rings. The largest absolute Gasteiger partial charge is 0.493 e. The molecule has 1 atom stereocenters. The van der Waals surface area contributed by atoms with Crippen molar-refractivity contribution < 1.29 is 19.2 Å². The number of nitrogens with zero attached hydrogens (tertiary/aromatic N) is 2. The van der Waals surface area contributed by atoms with Gasteiger partial charge in [-0.05, 0) is 24.3 Å². The summed E-state index contributed by atoms with van der Waals surface area (Å²) in [5, 5.41) is 0.948. The SMILES string of the molecule is COc1cccc(C[NH+](C)CC(=O)N(C)Cc2nc3ccccc3s2)c1OC. The first-order valence-corrected chi connectivity index (χ1v) is 9.93. The van der Waals surface area contributed by atoms with Gasteiger partial charge in [0.15, 0.2) is 18.0 Å². The third-order valence-electron chi connectivity index (χ3n) is 4.57. The monoisotopic (exact) mass is 400 g/mol. The molecule has 0 aliphatic heterocycles. The molecule has 0 radical (unpaired) electrons. The Bertz CT molecular complexity index is 924. The molecule has 0 aliphatic carbocycles. The number of carbonyl (C=O) groups is 1. The zero-order valence-corrected chi connectivity index (χ0v) is 17.5. The zero-order valence-electron chi connectivity index (χ0n) is 16.7. The highest BCUT2D eigenvalue weighted by Gasteiger charge is 2.19. The van der Waals surface area contributed by atoms with Crippen LogP contribution in [0.3, 0.4) is 0 Å². The summed E-state index contributed by atoms with van der Waals surface area (Å²) in [7, 11) is 7.09. The van der Waals surface area contributed by atoms with Gasteiger partial charge < -0.3 is 19.3 Å². The summed E-state index contributed by atoms with van der Waals surface area (Å²) in [4.78, 5) is 20.1. The van der Waals surface area contributed by atoms with Gasteiger partial charge >= 0.3 is 0 Å². The number of ether oxygens (including phenoxy) is 2. The van der Waals surface area contributed by atoms with E-state index in [1.165, 1.54) is 0 Å². The van der Waals surface area contributed by atoms with Gasteiger partial charge in [-0.15, -0.1) is 11.3 Å². The predicted octanol–water partition coefficient (Wildman–Crippen LogP) is 1.99. The van der Waals surface area contributed by atoms with Crippen molar-refractivity contribution in [3.8, 4) is 11.5 Å². The lowest BCUT2D eigenvalue weighted by Gasteiger charge is -2.20. The Kier molecular flexibility index (Phi) is 6.49. The van der Waals surface area contributed by atoms with Gasteiger partial charge in [-0.1, -0.05) is 18.2 Å². The smallest absolute Gasteiger partial charge is 0.277 e. The van der Waals surface area contributed by atoms with Crippen LogP contribution in [0.1, 0.15) is 10.6 Å². The molecule has 3 rings (SSSR count). The average Bonchev–Trinajstić information content (AvgIpc) is 3.09. The van der Waals surface area contributed by atoms with Crippen molar-refractivity contribution >= 4 is 27.5 Å². The van der Waals surface area contributed by atoms with Crippen LogP contribution in [-0.2, 0) is 17.9 Å². The highest BCUT2D eigenvalue weighted by molar-refractivity contribution is 7.18. The molecule has 0 saturated heterocycles. The summed E-state index contributed by atoms with van der Waals surface area (Å²) >= 11 is 1.63. The number of hydrogen-bond donors (Lipinski definition) is 1. The molecule has 1 unspecified atom stereocenters. The molecule has 0 aliphatic rings. The summed E-state index contributed by atoms with van der Waals surface area (Å²) in [6.45, 7) is 1.58. The maximum atomic E-state index is 12.7. The summed E-state index contributed by atoms with van der Waals surface area (Å²) in [6, 6.07) is 13.8. The van der Waals surface area contributed by atoms with E-state index in [4.69, 9.17) is 9.47 Å². The first-order valence-electron chi connectivity index (χ1n) is 9.11. The Hall–Kier alpha value is -2.64. The predicted molar refractivity (Wildman–Crippen MR) is 111 cm³/mol. The number of rotatable bonds is 8. The molecule has 7 heteroatoms. The number of para-hydroxylation sites is 2. The van der Waals surface area contributed by atoms with Crippen LogP contribution >= 0.6 is 11.3 Å². The summed E-state index contributed by atoms with van der Waals surface area (Å²) in [5.74, 6) is 1.50. The Balaban J connectivity index is 1.60. The van der Waals surface area contributed by atoms with Gasteiger partial charge in [-0.3, -0.25) is 4.79 Å². The normalized spacial score (nSPS) is 12.0. The number of amides is 1. The topological polar surface area (TPSA) is 56.1 Å². The number of likely N-dealkylation sites (N-methyl/N-ethyl adjacent to an activating group) is 2. The molecule has 1 heterocycles. The third kappa shape index (κ3) is 4.61. The Morgan fingerprint density at radius 1 is 1.14 bits per heavy atom. The first-order chi connectivity index (χ1) is 13.5. The van der Waals surface area contributed by atoms with Crippen LogP contribution in [0.15, 0.2) is 42.5 Å². The van der Waals surface area contributed by atoms with E-state index in [2.05, 4.69) is 11.1 Å². The standard InChI is InChI=1S/C21H25N3O3S/c1-23(12-15-8-7-10-17(26-3)21(15)27-4)14-20(25)24(2)13-19-22-16-9-5-6-11-18(16)28-19/h5-11H,12-14H2,1-4H3/p+1. The van der Waals surface area contributed by atoms with Crippen LogP contribution in [0.5, 0.6) is 11.5 Å². The molecule has 0 saturated carbocycles. The minimum absolute atomic E-state index is 0.0821. The first kappa shape index (κ1) is 20.1.